The largest absolute Gasteiger partial charge is 0.366 e. The Morgan fingerprint density at radius 2 is 2.25 bits per heavy atom. The normalized spacial score (nSPS) is 16.8. The van der Waals surface area contributed by atoms with Crippen LogP contribution < -0.4 is 10.6 Å². The van der Waals surface area contributed by atoms with Crippen molar-refractivity contribution in [3.05, 3.63) is 40.9 Å². The number of nitrogens with one attached hydrogen (secondary N) is 2. The molecule has 7 heteroatoms. The summed E-state index contributed by atoms with van der Waals surface area (Å²) in [6, 6.07) is 4.87. The van der Waals surface area contributed by atoms with E-state index in [0.717, 1.165) is 41.8 Å². The van der Waals surface area contributed by atoms with Gasteiger partial charge < -0.3 is 10.6 Å². The third kappa shape index (κ3) is 2.91. The molecule has 1 atom stereocenters. The van der Waals surface area contributed by atoms with E-state index in [2.05, 4.69) is 32.5 Å². The highest BCUT2D eigenvalue weighted by atomic mass is 32.1. The van der Waals surface area contributed by atoms with Gasteiger partial charge in [0, 0.05) is 29.3 Å². The van der Waals surface area contributed by atoms with Gasteiger partial charge in [0.2, 0.25) is 0 Å². The van der Waals surface area contributed by atoms with Crippen LogP contribution in [0.2, 0.25) is 0 Å². The summed E-state index contributed by atoms with van der Waals surface area (Å²) in [5.74, 6) is 0.424. The van der Waals surface area contributed by atoms with Crippen LogP contribution in [0.4, 0.5) is 15.3 Å². The smallest absolute Gasteiger partial charge is 0.183 e. The molecule has 1 aliphatic rings. The van der Waals surface area contributed by atoms with Gasteiger partial charge in [-0.1, -0.05) is 0 Å². The highest BCUT2D eigenvalue weighted by molar-refractivity contribution is 7.15. The molecular weight excluding hydrogens is 325 g/mol. The van der Waals surface area contributed by atoms with Gasteiger partial charge in [-0.15, -0.1) is 11.3 Å². The van der Waals surface area contributed by atoms with Gasteiger partial charge in [-0.3, -0.25) is 0 Å². The molecule has 2 aromatic heterocycles. The Hall–Kier alpha value is -2.28. The molecule has 2 heterocycles. The van der Waals surface area contributed by atoms with Crippen molar-refractivity contribution in [2.24, 2.45) is 0 Å². The van der Waals surface area contributed by atoms with Crippen LogP contribution in [0, 0.1) is 5.82 Å². The van der Waals surface area contributed by atoms with Gasteiger partial charge in [-0.2, -0.15) is 0 Å². The Kier molecular flexibility index (Phi) is 4.02. The van der Waals surface area contributed by atoms with Crippen molar-refractivity contribution in [1.29, 1.82) is 0 Å². The van der Waals surface area contributed by atoms with Crippen molar-refractivity contribution in [2.75, 3.05) is 17.2 Å². The number of thiazole rings is 1. The van der Waals surface area contributed by atoms with E-state index in [1.165, 1.54) is 29.0 Å². The van der Waals surface area contributed by atoms with Gasteiger partial charge in [0.15, 0.2) is 5.13 Å². The Morgan fingerprint density at radius 1 is 1.33 bits per heavy atom. The molecule has 0 radical (unpaired) electrons. The highest BCUT2D eigenvalue weighted by Crippen LogP contribution is 2.31. The van der Waals surface area contributed by atoms with E-state index in [1.807, 2.05) is 0 Å². The lowest BCUT2D eigenvalue weighted by Gasteiger charge is -2.23. The van der Waals surface area contributed by atoms with E-state index in [4.69, 9.17) is 0 Å². The molecule has 5 nitrogen and oxygen atoms in total. The van der Waals surface area contributed by atoms with Gasteiger partial charge in [0.1, 0.15) is 18.0 Å². The molecule has 0 spiro atoms. The van der Waals surface area contributed by atoms with Crippen LogP contribution in [-0.2, 0) is 12.8 Å². The summed E-state index contributed by atoms with van der Waals surface area (Å²) in [6.07, 6.45) is 4.38. The van der Waals surface area contributed by atoms with Crippen molar-refractivity contribution >= 4 is 33.2 Å². The quantitative estimate of drug-likeness (QED) is 0.757. The maximum atomic E-state index is 13.6. The SMILES string of the molecule is CCNc1nc2c(s1)CC(Nc1ncnc3ccc(F)cc13)CC2. The lowest BCUT2D eigenvalue weighted by atomic mass is 9.97. The number of hydrogen-bond acceptors (Lipinski definition) is 6. The molecule has 1 unspecified atom stereocenters. The summed E-state index contributed by atoms with van der Waals surface area (Å²) in [4.78, 5) is 14.5. The van der Waals surface area contributed by atoms with Crippen LogP contribution in [0.3, 0.4) is 0 Å². The first-order valence-electron chi connectivity index (χ1n) is 8.12. The zero-order valence-electron chi connectivity index (χ0n) is 13.3. The van der Waals surface area contributed by atoms with E-state index in [9.17, 15) is 4.39 Å². The molecule has 0 saturated heterocycles. The molecule has 0 bridgehead atoms. The van der Waals surface area contributed by atoms with Gasteiger partial charge in [0.05, 0.1) is 11.2 Å². The lowest BCUT2D eigenvalue weighted by molar-refractivity contribution is 0.608. The first kappa shape index (κ1) is 15.3. The summed E-state index contributed by atoms with van der Waals surface area (Å²) in [5.41, 5.74) is 1.95. The fraction of sp³-hybridized carbons (Fsp3) is 0.353. The van der Waals surface area contributed by atoms with Crippen molar-refractivity contribution in [2.45, 2.75) is 32.2 Å². The summed E-state index contributed by atoms with van der Waals surface area (Å²) in [5, 5.41) is 8.48. The minimum absolute atomic E-state index is 0.272. The van der Waals surface area contributed by atoms with Crippen LogP contribution in [0.5, 0.6) is 0 Å². The second-order valence-corrected chi connectivity index (χ2v) is 6.97. The van der Waals surface area contributed by atoms with E-state index in [1.54, 1.807) is 17.4 Å². The van der Waals surface area contributed by atoms with Crippen molar-refractivity contribution in [1.82, 2.24) is 15.0 Å². The molecule has 0 amide bonds. The Morgan fingerprint density at radius 3 is 3.12 bits per heavy atom. The number of halogens is 1. The Labute approximate surface area is 143 Å². The van der Waals surface area contributed by atoms with E-state index >= 15 is 0 Å². The first-order chi connectivity index (χ1) is 11.7. The van der Waals surface area contributed by atoms with Gasteiger partial charge in [-0.05, 0) is 38.0 Å². The van der Waals surface area contributed by atoms with Gasteiger partial charge >= 0.3 is 0 Å². The van der Waals surface area contributed by atoms with E-state index in [0.29, 0.717) is 5.82 Å². The molecule has 124 valence electrons. The number of fused-ring (bicyclic) bond motifs is 2. The van der Waals surface area contributed by atoms with Crippen LogP contribution in [0.15, 0.2) is 24.5 Å². The number of aryl methyl sites for hydroxylation is 1. The van der Waals surface area contributed by atoms with Crippen molar-refractivity contribution in [3.63, 3.8) is 0 Å². The molecular formula is C17H18FN5S. The minimum atomic E-state index is -0.274. The van der Waals surface area contributed by atoms with Crippen LogP contribution in [-0.4, -0.2) is 27.5 Å². The molecule has 3 aromatic rings. The third-order valence-electron chi connectivity index (χ3n) is 4.21. The molecule has 4 rings (SSSR count). The van der Waals surface area contributed by atoms with E-state index < -0.39 is 0 Å². The maximum Gasteiger partial charge on any atom is 0.183 e. The summed E-state index contributed by atoms with van der Waals surface area (Å²) >= 11 is 1.73. The average Bonchev–Trinajstić information content (AvgIpc) is 2.97. The van der Waals surface area contributed by atoms with Gasteiger partial charge in [0.25, 0.3) is 0 Å². The van der Waals surface area contributed by atoms with Crippen molar-refractivity contribution < 1.29 is 4.39 Å². The molecule has 1 aromatic carbocycles. The van der Waals surface area contributed by atoms with Crippen LogP contribution >= 0.6 is 11.3 Å². The first-order valence-corrected chi connectivity index (χ1v) is 8.94. The molecule has 0 fully saturated rings. The predicted molar refractivity (Wildman–Crippen MR) is 95.2 cm³/mol. The molecule has 24 heavy (non-hydrogen) atoms. The summed E-state index contributed by atoms with van der Waals surface area (Å²) in [7, 11) is 0. The average molecular weight is 343 g/mol. The van der Waals surface area contributed by atoms with Gasteiger partial charge in [-0.25, -0.2) is 19.3 Å². The molecule has 2 N–H and O–H groups in total. The minimum Gasteiger partial charge on any atom is -0.366 e. The molecule has 0 aliphatic heterocycles. The number of nitrogens with zero attached hydrogens (tertiary/aromatic N) is 3. The van der Waals surface area contributed by atoms with E-state index in [-0.39, 0.29) is 11.9 Å². The Bertz CT molecular complexity index is 879. The van der Waals surface area contributed by atoms with Crippen LogP contribution in [0.25, 0.3) is 10.9 Å². The standard InChI is InChI=1S/C17H18FN5S/c1-2-19-17-23-14-6-4-11(8-15(14)24-17)22-16-12-7-10(18)3-5-13(12)20-9-21-16/h3,5,7,9,11H,2,4,6,8H2,1H3,(H,19,23)(H,20,21,22). The third-order valence-corrected chi connectivity index (χ3v) is 5.28. The topological polar surface area (TPSA) is 62.7 Å². The molecule has 1 aliphatic carbocycles. The maximum absolute atomic E-state index is 13.6. The number of benzene rings is 1. The molecule has 0 saturated carbocycles. The van der Waals surface area contributed by atoms with Crippen molar-refractivity contribution in [3.8, 4) is 0 Å². The number of aromatic nitrogens is 3. The fourth-order valence-corrected chi connectivity index (χ4v) is 4.22. The predicted octanol–water partition coefficient (Wildman–Crippen LogP) is 3.63. The number of rotatable bonds is 4. The lowest BCUT2D eigenvalue weighted by Crippen LogP contribution is -2.27. The summed E-state index contributed by atoms with van der Waals surface area (Å²) < 4.78 is 13.6. The Balaban J connectivity index is 1.57. The fourth-order valence-electron chi connectivity index (χ4n) is 3.06. The number of hydrogen-bond donors (Lipinski definition) is 2. The van der Waals surface area contributed by atoms with Crippen LogP contribution in [0.1, 0.15) is 23.9 Å². The monoisotopic (exact) mass is 343 g/mol. The second kappa shape index (κ2) is 6.32. The zero-order valence-corrected chi connectivity index (χ0v) is 14.2. The zero-order chi connectivity index (χ0) is 16.5. The summed E-state index contributed by atoms with van der Waals surface area (Å²) in [6.45, 7) is 2.96. The highest BCUT2D eigenvalue weighted by Gasteiger charge is 2.23. The number of anilines is 2. The second-order valence-electron chi connectivity index (χ2n) is 5.89.